The number of nitrogens with one attached hydrogen (secondary N) is 1. The largest absolute Gasteiger partial charge is 0.493 e. The van der Waals surface area contributed by atoms with Crippen LogP contribution in [-0.4, -0.2) is 38.7 Å². The van der Waals surface area contributed by atoms with Crippen molar-refractivity contribution in [3.8, 4) is 17.2 Å². The first-order chi connectivity index (χ1) is 12.9. The topological polar surface area (TPSA) is 99.9 Å². The van der Waals surface area contributed by atoms with Crippen LogP contribution >= 0.6 is 0 Å². The fourth-order valence-electron chi connectivity index (χ4n) is 2.47. The van der Waals surface area contributed by atoms with Gasteiger partial charge in [-0.05, 0) is 43.7 Å². The first-order valence-electron chi connectivity index (χ1n) is 8.48. The van der Waals surface area contributed by atoms with Crippen molar-refractivity contribution < 1.29 is 23.8 Å². The lowest BCUT2D eigenvalue weighted by Gasteiger charge is -2.12. The number of primary amides is 1. The van der Waals surface area contributed by atoms with Gasteiger partial charge in [0.05, 0.1) is 13.7 Å². The summed E-state index contributed by atoms with van der Waals surface area (Å²) in [5, 5.41) is 2.79. The molecule has 144 valence electrons. The number of nitrogens with two attached hydrogens (primary N) is 1. The molecule has 0 heterocycles. The molecule has 0 aromatic heterocycles. The lowest BCUT2D eigenvalue weighted by Crippen LogP contribution is -2.28. The van der Waals surface area contributed by atoms with Gasteiger partial charge in [0.1, 0.15) is 12.4 Å². The number of carbonyl (C=O) groups is 2. The van der Waals surface area contributed by atoms with E-state index >= 15 is 0 Å². The summed E-state index contributed by atoms with van der Waals surface area (Å²) >= 11 is 0. The molecule has 0 aliphatic rings. The minimum Gasteiger partial charge on any atom is -0.493 e. The maximum absolute atomic E-state index is 12.3. The van der Waals surface area contributed by atoms with Gasteiger partial charge in [-0.2, -0.15) is 0 Å². The number of benzene rings is 2. The minimum atomic E-state index is -0.595. The van der Waals surface area contributed by atoms with Gasteiger partial charge >= 0.3 is 0 Å². The molecule has 0 aliphatic heterocycles. The number of hydrogen-bond acceptors (Lipinski definition) is 5. The summed E-state index contributed by atoms with van der Waals surface area (Å²) in [6, 6.07) is 10.6. The maximum Gasteiger partial charge on any atom is 0.255 e. The molecule has 0 unspecified atom stereocenters. The van der Waals surface area contributed by atoms with Gasteiger partial charge in [0.15, 0.2) is 18.1 Å². The molecule has 7 nitrogen and oxygen atoms in total. The van der Waals surface area contributed by atoms with E-state index in [1.165, 1.54) is 18.7 Å². The summed E-state index contributed by atoms with van der Waals surface area (Å²) in [4.78, 5) is 23.1. The van der Waals surface area contributed by atoms with E-state index < -0.39 is 5.91 Å². The van der Waals surface area contributed by atoms with Crippen LogP contribution in [0.15, 0.2) is 36.4 Å². The van der Waals surface area contributed by atoms with Crippen molar-refractivity contribution in [3.63, 3.8) is 0 Å². The Morgan fingerprint density at radius 3 is 2.41 bits per heavy atom. The zero-order valence-corrected chi connectivity index (χ0v) is 15.7. The third kappa shape index (κ3) is 5.91. The van der Waals surface area contributed by atoms with Crippen molar-refractivity contribution in [3.05, 3.63) is 53.1 Å². The first-order valence-corrected chi connectivity index (χ1v) is 8.48. The number of ether oxygens (including phenoxy) is 3. The van der Waals surface area contributed by atoms with Crippen LogP contribution in [-0.2, 0) is 4.79 Å². The van der Waals surface area contributed by atoms with Crippen LogP contribution in [0.25, 0.3) is 0 Å². The van der Waals surface area contributed by atoms with Gasteiger partial charge in [0, 0.05) is 5.56 Å². The van der Waals surface area contributed by atoms with E-state index in [1.54, 1.807) is 12.1 Å². The lowest BCUT2D eigenvalue weighted by molar-refractivity contribution is -0.119. The third-order valence-corrected chi connectivity index (χ3v) is 3.77. The number of rotatable bonds is 9. The molecule has 0 radical (unpaired) electrons. The van der Waals surface area contributed by atoms with Crippen LogP contribution in [0.2, 0.25) is 0 Å². The van der Waals surface area contributed by atoms with Gasteiger partial charge in [0.25, 0.3) is 11.8 Å². The second kappa shape index (κ2) is 9.47. The van der Waals surface area contributed by atoms with Gasteiger partial charge in [-0.3, -0.25) is 9.59 Å². The van der Waals surface area contributed by atoms with Crippen LogP contribution in [0.3, 0.4) is 0 Å². The van der Waals surface area contributed by atoms with Crippen LogP contribution in [0, 0.1) is 13.8 Å². The molecule has 2 aromatic carbocycles. The zero-order chi connectivity index (χ0) is 19.8. The normalized spacial score (nSPS) is 10.2. The Balaban J connectivity index is 1.88. The summed E-state index contributed by atoms with van der Waals surface area (Å²) in [5.41, 5.74) is 7.69. The molecular formula is C20H24N2O5. The number of methoxy groups -OCH3 is 1. The van der Waals surface area contributed by atoms with Gasteiger partial charge < -0.3 is 25.3 Å². The molecule has 2 rings (SSSR count). The molecule has 2 aromatic rings. The minimum absolute atomic E-state index is 0.265. The van der Waals surface area contributed by atoms with Crippen LogP contribution in [0.4, 0.5) is 0 Å². The summed E-state index contributed by atoms with van der Waals surface area (Å²) in [6.07, 6.45) is 0. The summed E-state index contributed by atoms with van der Waals surface area (Å²) < 4.78 is 16.1. The highest BCUT2D eigenvalue weighted by Crippen LogP contribution is 2.28. The molecule has 0 saturated carbocycles. The molecule has 0 spiro atoms. The fraction of sp³-hybridized carbons (Fsp3) is 0.300. The second-order valence-corrected chi connectivity index (χ2v) is 5.99. The van der Waals surface area contributed by atoms with E-state index in [2.05, 4.69) is 5.32 Å². The van der Waals surface area contributed by atoms with Crippen molar-refractivity contribution in [1.29, 1.82) is 0 Å². The molecule has 2 amide bonds. The van der Waals surface area contributed by atoms with Gasteiger partial charge in [0.2, 0.25) is 0 Å². The van der Waals surface area contributed by atoms with E-state index in [0.29, 0.717) is 30.2 Å². The molecule has 0 aliphatic carbocycles. The maximum atomic E-state index is 12.3. The van der Waals surface area contributed by atoms with Crippen molar-refractivity contribution in [2.75, 3.05) is 26.9 Å². The Kier molecular flexibility index (Phi) is 7.05. The highest BCUT2D eigenvalue weighted by molar-refractivity contribution is 5.94. The monoisotopic (exact) mass is 372 g/mol. The van der Waals surface area contributed by atoms with Crippen LogP contribution in [0.1, 0.15) is 21.5 Å². The highest BCUT2D eigenvalue weighted by atomic mass is 16.5. The second-order valence-electron chi connectivity index (χ2n) is 5.99. The first kappa shape index (κ1) is 20.1. The predicted octanol–water partition coefficient (Wildman–Crippen LogP) is 1.98. The van der Waals surface area contributed by atoms with Gasteiger partial charge in [-0.15, -0.1) is 0 Å². The molecule has 0 bridgehead atoms. The third-order valence-electron chi connectivity index (χ3n) is 3.77. The predicted molar refractivity (Wildman–Crippen MR) is 101 cm³/mol. The van der Waals surface area contributed by atoms with Crippen LogP contribution in [0.5, 0.6) is 17.2 Å². The Morgan fingerprint density at radius 2 is 1.74 bits per heavy atom. The SMILES string of the molecule is COc1cc(C(=O)NCCOc2ccc(C)cc2C)ccc1OCC(N)=O. The fourth-order valence-corrected chi connectivity index (χ4v) is 2.47. The smallest absolute Gasteiger partial charge is 0.255 e. The zero-order valence-electron chi connectivity index (χ0n) is 15.7. The quantitative estimate of drug-likeness (QED) is 0.656. The molecule has 0 atom stereocenters. The molecule has 7 heteroatoms. The van der Waals surface area contributed by atoms with E-state index in [4.69, 9.17) is 19.9 Å². The van der Waals surface area contributed by atoms with Gasteiger partial charge in [-0.25, -0.2) is 0 Å². The number of amides is 2. The number of hydrogen-bond donors (Lipinski definition) is 2. The summed E-state index contributed by atoms with van der Waals surface area (Å²) in [5.74, 6) is 0.621. The van der Waals surface area contributed by atoms with Crippen LogP contribution < -0.4 is 25.3 Å². The van der Waals surface area contributed by atoms with Crippen molar-refractivity contribution in [2.24, 2.45) is 5.73 Å². The lowest BCUT2D eigenvalue weighted by atomic mass is 10.1. The summed E-state index contributed by atoms with van der Waals surface area (Å²) in [6.45, 7) is 4.45. The Morgan fingerprint density at radius 1 is 1.00 bits per heavy atom. The van der Waals surface area contributed by atoms with E-state index in [9.17, 15) is 9.59 Å². The van der Waals surface area contributed by atoms with E-state index in [0.717, 1.165) is 11.3 Å². The molecule has 0 fully saturated rings. The van der Waals surface area contributed by atoms with Crippen molar-refractivity contribution in [2.45, 2.75) is 13.8 Å². The van der Waals surface area contributed by atoms with Crippen molar-refractivity contribution in [1.82, 2.24) is 5.32 Å². The molecular weight excluding hydrogens is 348 g/mol. The molecule has 0 saturated heterocycles. The van der Waals surface area contributed by atoms with E-state index in [1.807, 2.05) is 32.0 Å². The number of carbonyl (C=O) groups excluding carboxylic acids is 2. The standard InChI is InChI=1S/C20H24N2O5/c1-13-4-6-16(14(2)10-13)26-9-8-22-20(24)15-5-7-17(18(11-15)25-3)27-12-19(21)23/h4-7,10-11H,8-9,12H2,1-3H3,(H2,21,23)(H,22,24). The van der Waals surface area contributed by atoms with E-state index in [-0.39, 0.29) is 12.5 Å². The molecule has 27 heavy (non-hydrogen) atoms. The molecule has 3 N–H and O–H groups in total. The average Bonchev–Trinajstić information content (AvgIpc) is 2.64. The van der Waals surface area contributed by atoms with Gasteiger partial charge in [-0.1, -0.05) is 17.7 Å². The average molecular weight is 372 g/mol. The Hall–Kier alpha value is -3.22. The summed E-state index contributed by atoms with van der Waals surface area (Å²) in [7, 11) is 1.45. The number of aryl methyl sites for hydroxylation is 2. The van der Waals surface area contributed by atoms with Crippen molar-refractivity contribution >= 4 is 11.8 Å². The highest BCUT2D eigenvalue weighted by Gasteiger charge is 2.12. The Bertz CT molecular complexity index is 820. The Labute approximate surface area is 158 Å².